The Morgan fingerprint density at radius 3 is 2.42 bits per heavy atom. The summed E-state index contributed by atoms with van der Waals surface area (Å²) in [6, 6.07) is 10.7. The van der Waals surface area contributed by atoms with Crippen LogP contribution < -0.4 is 15.5 Å². The minimum Gasteiger partial charge on any atom is -0.380 e. The average Bonchev–Trinajstić information content (AvgIpc) is 2.68. The highest BCUT2D eigenvalue weighted by Crippen LogP contribution is 2.15. The molecule has 1 aromatic carbocycles. The van der Waals surface area contributed by atoms with E-state index in [0.717, 1.165) is 64.8 Å². The Hall–Kier alpha value is -1.06. The molecule has 0 amide bonds. The van der Waals surface area contributed by atoms with Crippen LogP contribution in [0.25, 0.3) is 0 Å². The summed E-state index contributed by atoms with van der Waals surface area (Å²) in [6.07, 6.45) is 1.12. The van der Waals surface area contributed by atoms with Crippen molar-refractivity contribution in [3.05, 3.63) is 30.3 Å². The van der Waals surface area contributed by atoms with Gasteiger partial charge in [0, 0.05) is 58.6 Å². The summed E-state index contributed by atoms with van der Waals surface area (Å²) in [5, 5.41) is 6.63. The first-order valence-corrected chi connectivity index (χ1v) is 9.38. The lowest BCUT2D eigenvalue weighted by atomic mass is 10.2. The molecule has 0 saturated carbocycles. The molecule has 0 aliphatic carbocycles. The van der Waals surface area contributed by atoms with Gasteiger partial charge in [0.1, 0.15) is 0 Å². The number of nitrogens with zero attached hydrogens (tertiary/aromatic N) is 3. The van der Waals surface area contributed by atoms with Crippen molar-refractivity contribution < 1.29 is 4.74 Å². The molecule has 0 bridgehead atoms. The predicted molar refractivity (Wildman–Crippen MR) is 121 cm³/mol. The summed E-state index contributed by atoms with van der Waals surface area (Å²) in [4.78, 5) is 9.25. The number of anilines is 1. The van der Waals surface area contributed by atoms with Crippen LogP contribution in [0.5, 0.6) is 0 Å². The minimum absolute atomic E-state index is 0. The number of benzene rings is 1. The molecule has 0 atom stereocenters. The molecule has 1 aromatic rings. The van der Waals surface area contributed by atoms with Crippen molar-refractivity contribution in [1.82, 2.24) is 15.5 Å². The molecule has 1 saturated heterocycles. The second kappa shape index (κ2) is 14.1. The first-order valence-electron chi connectivity index (χ1n) is 9.38. The van der Waals surface area contributed by atoms with Crippen molar-refractivity contribution in [1.29, 1.82) is 0 Å². The molecule has 1 aliphatic rings. The summed E-state index contributed by atoms with van der Waals surface area (Å²) in [7, 11) is 1.80. The van der Waals surface area contributed by atoms with E-state index in [9.17, 15) is 0 Å². The van der Waals surface area contributed by atoms with Crippen LogP contribution in [0.15, 0.2) is 35.3 Å². The third kappa shape index (κ3) is 8.55. The highest BCUT2D eigenvalue weighted by atomic mass is 127. The normalized spacial score (nSPS) is 15.5. The van der Waals surface area contributed by atoms with E-state index in [2.05, 4.69) is 55.8 Å². The van der Waals surface area contributed by atoms with E-state index >= 15 is 0 Å². The van der Waals surface area contributed by atoms with Gasteiger partial charge in [-0.05, 0) is 32.0 Å². The van der Waals surface area contributed by atoms with Gasteiger partial charge in [0.25, 0.3) is 0 Å². The lowest BCUT2D eigenvalue weighted by Crippen LogP contribution is -2.47. The second-order valence-electron chi connectivity index (χ2n) is 6.14. The van der Waals surface area contributed by atoms with Gasteiger partial charge in [0.05, 0.1) is 6.61 Å². The van der Waals surface area contributed by atoms with Gasteiger partial charge in [0.15, 0.2) is 5.96 Å². The Bertz CT molecular complexity index is 492. The molecule has 0 aromatic heterocycles. The van der Waals surface area contributed by atoms with Crippen LogP contribution in [0, 0.1) is 0 Å². The first-order chi connectivity index (χ1) is 12.3. The topological polar surface area (TPSA) is 52.1 Å². The number of para-hydroxylation sites is 1. The van der Waals surface area contributed by atoms with E-state index in [1.54, 1.807) is 7.05 Å². The van der Waals surface area contributed by atoms with Crippen molar-refractivity contribution in [3.63, 3.8) is 0 Å². The van der Waals surface area contributed by atoms with Crippen molar-refractivity contribution in [2.75, 3.05) is 71.0 Å². The van der Waals surface area contributed by atoms with Crippen LogP contribution in [0.1, 0.15) is 13.3 Å². The number of aliphatic imine (C=N–C) groups is 1. The fourth-order valence-corrected chi connectivity index (χ4v) is 2.98. The van der Waals surface area contributed by atoms with E-state index in [4.69, 9.17) is 4.74 Å². The Morgan fingerprint density at radius 2 is 1.77 bits per heavy atom. The fourth-order valence-electron chi connectivity index (χ4n) is 2.98. The number of guanidine groups is 1. The molecule has 26 heavy (non-hydrogen) atoms. The second-order valence-corrected chi connectivity index (χ2v) is 6.14. The molecule has 1 fully saturated rings. The summed E-state index contributed by atoms with van der Waals surface area (Å²) in [5.41, 5.74) is 1.34. The molecular formula is C19H34IN5O. The summed E-state index contributed by atoms with van der Waals surface area (Å²) < 4.78 is 5.32. The number of hydrogen-bond donors (Lipinski definition) is 2. The summed E-state index contributed by atoms with van der Waals surface area (Å²) in [6.45, 7) is 10.8. The molecular weight excluding hydrogens is 441 g/mol. The maximum absolute atomic E-state index is 5.32. The van der Waals surface area contributed by atoms with Gasteiger partial charge in [-0.1, -0.05) is 18.2 Å². The number of rotatable bonds is 9. The third-order valence-corrected chi connectivity index (χ3v) is 4.40. The Balaban J connectivity index is 0.00000338. The molecule has 0 unspecified atom stereocenters. The molecule has 6 nitrogen and oxygen atoms in total. The van der Waals surface area contributed by atoms with Crippen molar-refractivity contribution in [2.24, 2.45) is 4.99 Å². The number of piperazine rings is 1. The smallest absolute Gasteiger partial charge is 0.191 e. The van der Waals surface area contributed by atoms with E-state index in [1.165, 1.54) is 5.69 Å². The van der Waals surface area contributed by atoms with E-state index < -0.39 is 0 Å². The van der Waals surface area contributed by atoms with Crippen LogP contribution >= 0.6 is 24.0 Å². The summed E-state index contributed by atoms with van der Waals surface area (Å²) >= 11 is 0. The maximum atomic E-state index is 5.32. The number of hydrogen-bond acceptors (Lipinski definition) is 4. The van der Waals surface area contributed by atoms with Crippen LogP contribution in [-0.4, -0.2) is 76.9 Å². The monoisotopic (exact) mass is 475 g/mol. The Morgan fingerprint density at radius 1 is 1.08 bits per heavy atom. The van der Waals surface area contributed by atoms with Crippen molar-refractivity contribution in [3.8, 4) is 0 Å². The lowest BCUT2D eigenvalue weighted by Gasteiger charge is -2.36. The standard InChI is InChI=1S/C19H33N5O.HI/c1-3-25-17-11-22-19(20-2)21-10-7-12-23-13-15-24(16-14-23)18-8-5-4-6-9-18;/h4-6,8-9H,3,7,10-17H2,1-2H3,(H2,20,21,22);1H. The van der Waals surface area contributed by atoms with Gasteiger partial charge in [-0.15, -0.1) is 24.0 Å². The van der Waals surface area contributed by atoms with Gasteiger partial charge in [-0.2, -0.15) is 0 Å². The van der Waals surface area contributed by atoms with Crippen molar-refractivity contribution in [2.45, 2.75) is 13.3 Å². The average molecular weight is 475 g/mol. The van der Waals surface area contributed by atoms with Gasteiger partial charge in [-0.25, -0.2) is 0 Å². The van der Waals surface area contributed by atoms with Gasteiger partial charge >= 0.3 is 0 Å². The van der Waals surface area contributed by atoms with Crippen LogP contribution in [0.4, 0.5) is 5.69 Å². The molecule has 1 aliphatic heterocycles. The van der Waals surface area contributed by atoms with Crippen LogP contribution in [-0.2, 0) is 4.74 Å². The molecule has 7 heteroatoms. The van der Waals surface area contributed by atoms with E-state index in [0.29, 0.717) is 6.61 Å². The molecule has 148 valence electrons. The maximum Gasteiger partial charge on any atom is 0.191 e. The summed E-state index contributed by atoms with van der Waals surface area (Å²) in [5.74, 6) is 0.855. The van der Waals surface area contributed by atoms with Crippen molar-refractivity contribution >= 4 is 35.6 Å². The zero-order valence-corrected chi connectivity index (χ0v) is 18.4. The first kappa shape index (κ1) is 23.0. The third-order valence-electron chi connectivity index (χ3n) is 4.40. The fraction of sp³-hybridized carbons (Fsp3) is 0.632. The van der Waals surface area contributed by atoms with Crippen LogP contribution in [0.3, 0.4) is 0 Å². The number of nitrogens with one attached hydrogen (secondary N) is 2. The molecule has 0 spiro atoms. The highest BCUT2D eigenvalue weighted by Gasteiger charge is 2.16. The van der Waals surface area contributed by atoms with Crippen LogP contribution in [0.2, 0.25) is 0 Å². The molecule has 0 radical (unpaired) electrons. The largest absolute Gasteiger partial charge is 0.380 e. The van der Waals surface area contributed by atoms with E-state index in [1.807, 2.05) is 6.92 Å². The predicted octanol–water partition coefficient (Wildman–Crippen LogP) is 2.02. The number of halogens is 1. The molecule has 2 rings (SSSR count). The SMILES string of the molecule is CCOCCNC(=NC)NCCCN1CCN(c2ccccc2)CC1.I. The zero-order valence-electron chi connectivity index (χ0n) is 16.1. The molecule has 1 heterocycles. The Labute approximate surface area is 175 Å². The minimum atomic E-state index is 0. The quantitative estimate of drug-likeness (QED) is 0.248. The molecule has 2 N–H and O–H groups in total. The number of ether oxygens (including phenoxy) is 1. The van der Waals surface area contributed by atoms with Gasteiger partial charge < -0.3 is 20.3 Å². The van der Waals surface area contributed by atoms with E-state index in [-0.39, 0.29) is 24.0 Å². The van der Waals surface area contributed by atoms with Gasteiger partial charge in [-0.3, -0.25) is 9.89 Å². The Kier molecular flexibility index (Phi) is 12.4. The zero-order chi connectivity index (χ0) is 17.7. The van der Waals surface area contributed by atoms with Gasteiger partial charge in [0.2, 0.25) is 0 Å². The highest BCUT2D eigenvalue weighted by molar-refractivity contribution is 14.0. The lowest BCUT2D eigenvalue weighted by molar-refractivity contribution is 0.152.